The Labute approximate surface area is 107 Å². The highest BCUT2D eigenvalue weighted by Crippen LogP contribution is 2.29. The zero-order valence-corrected chi connectivity index (χ0v) is 10.8. The molecule has 0 aliphatic carbocycles. The smallest absolute Gasteiger partial charge is 0.319 e. The molecule has 0 heterocycles. The summed E-state index contributed by atoms with van der Waals surface area (Å²) in [4.78, 5) is 11.4. The standard InChI is InChI=1S/C13H18N2O3/c1-5-14-13(16)15-9(2)10-6-7-11(17-3)12(8-10)18-4/h5-9H,1H2,2-4H3,(H2,14,15,16). The van der Waals surface area contributed by atoms with Gasteiger partial charge in [-0.3, -0.25) is 0 Å². The second kappa shape index (κ2) is 6.54. The molecule has 5 heteroatoms. The van der Waals surface area contributed by atoms with E-state index in [4.69, 9.17) is 9.47 Å². The molecule has 0 aromatic heterocycles. The van der Waals surface area contributed by atoms with E-state index < -0.39 is 0 Å². The van der Waals surface area contributed by atoms with Crippen LogP contribution in [-0.2, 0) is 0 Å². The van der Waals surface area contributed by atoms with E-state index in [0.717, 1.165) is 5.56 Å². The van der Waals surface area contributed by atoms with E-state index in [1.54, 1.807) is 20.3 Å². The maximum absolute atomic E-state index is 11.4. The minimum Gasteiger partial charge on any atom is -0.493 e. The summed E-state index contributed by atoms with van der Waals surface area (Å²) < 4.78 is 10.4. The van der Waals surface area contributed by atoms with Crippen LogP contribution in [0.15, 0.2) is 31.0 Å². The van der Waals surface area contributed by atoms with Crippen molar-refractivity contribution in [3.8, 4) is 11.5 Å². The molecule has 0 aliphatic rings. The summed E-state index contributed by atoms with van der Waals surface area (Å²) in [5.41, 5.74) is 0.923. The van der Waals surface area contributed by atoms with Crippen molar-refractivity contribution in [2.75, 3.05) is 14.2 Å². The molecule has 2 N–H and O–H groups in total. The van der Waals surface area contributed by atoms with Gasteiger partial charge in [-0.1, -0.05) is 12.6 Å². The zero-order valence-electron chi connectivity index (χ0n) is 10.8. The molecule has 0 saturated carbocycles. The first-order valence-electron chi connectivity index (χ1n) is 5.52. The summed E-state index contributed by atoms with van der Waals surface area (Å²) in [5, 5.41) is 5.22. The zero-order chi connectivity index (χ0) is 13.5. The molecule has 0 saturated heterocycles. The number of hydrogen-bond acceptors (Lipinski definition) is 3. The molecule has 0 radical (unpaired) electrons. The lowest BCUT2D eigenvalue weighted by molar-refractivity contribution is 0.241. The normalized spacial score (nSPS) is 11.3. The highest BCUT2D eigenvalue weighted by molar-refractivity contribution is 5.75. The van der Waals surface area contributed by atoms with Crippen molar-refractivity contribution in [1.82, 2.24) is 10.6 Å². The molecule has 1 atom stereocenters. The van der Waals surface area contributed by atoms with Crippen molar-refractivity contribution in [3.05, 3.63) is 36.5 Å². The number of ether oxygens (including phenoxy) is 2. The molecule has 1 aromatic rings. The van der Waals surface area contributed by atoms with Crippen LogP contribution in [0.2, 0.25) is 0 Å². The number of benzene rings is 1. The molecule has 98 valence electrons. The van der Waals surface area contributed by atoms with Crippen LogP contribution in [0.5, 0.6) is 11.5 Å². The van der Waals surface area contributed by atoms with E-state index in [2.05, 4.69) is 17.2 Å². The van der Waals surface area contributed by atoms with Crippen molar-refractivity contribution in [3.63, 3.8) is 0 Å². The molecule has 5 nitrogen and oxygen atoms in total. The number of urea groups is 1. The molecule has 1 unspecified atom stereocenters. The van der Waals surface area contributed by atoms with Crippen molar-refractivity contribution in [2.24, 2.45) is 0 Å². The third kappa shape index (κ3) is 3.41. The SMILES string of the molecule is C=CNC(=O)NC(C)c1ccc(OC)c(OC)c1. The first-order chi connectivity index (χ1) is 8.62. The number of amides is 2. The van der Waals surface area contributed by atoms with Crippen LogP contribution >= 0.6 is 0 Å². The molecule has 1 aromatic carbocycles. The number of rotatable bonds is 5. The van der Waals surface area contributed by atoms with E-state index in [9.17, 15) is 4.79 Å². The fraction of sp³-hybridized carbons (Fsp3) is 0.308. The molecular formula is C13H18N2O3. The Kier molecular flexibility index (Phi) is 5.05. The summed E-state index contributed by atoms with van der Waals surface area (Å²) in [6.45, 7) is 5.30. The second-order valence-corrected chi connectivity index (χ2v) is 3.66. The summed E-state index contributed by atoms with van der Waals surface area (Å²) in [5.74, 6) is 1.29. The van der Waals surface area contributed by atoms with E-state index >= 15 is 0 Å². The fourth-order valence-electron chi connectivity index (χ4n) is 1.54. The lowest BCUT2D eigenvalue weighted by Gasteiger charge is -2.16. The average molecular weight is 250 g/mol. The van der Waals surface area contributed by atoms with Gasteiger partial charge in [0.05, 0.1) is 20.3 Å². The van der Waals surface area contributed by atoms with Gasteiger partial charge in [-0.15, -0.1) is 0 Å². The predicted octanol–water partition coefficient (Wildman–Crippen LogP) is 2.21. The van der Waals surface area contributed by atoms with Gasteiger partial charge in [0.25, 0.3) is 0 Å². The van der Waals surface area contributed by atoms with Crippen molar-refractivity contribution >= 4 is 6.03 Å². The average Bonchev–Trinajstić information content (AvgIpc) is 2.38. The lowest BCUT2D eigenvalue weighted by Crippen LogP contribution is -2.33. The van der Waals surface area contributed by atoms with Crippen molar-refractivity contribution < 1.29 is 14.3 Å². The van der Waals surface area contributed by atoms with E-state index in [-0.39, 0.29) is 12.1 Å². The van der Waals surface area contributed by atoms with E-state index in [1.165, 1.54) is 6.20 Å². The third-order valence-corrected chi connectivity index (χ3v) is 2.49. The van der Waals surface area contributed by atoms with Crippen molar-refractivity contribution in [2.45, 2.75) is 13.0 Å². The Bertz CT molecular complexity index is 432. The van der Waals surface area contributed by atoms with Gasteiger partial charge in [-0.05, 0) is 30.8 Å². The monoisotopic (exact) mass is 250 g/mol. The Hall–Kier alpha value is -2.17. The van der Waals surface area contributed by atoms with Gasteiger partial charge in [0.1, 0.15) is 0 Å². The van der Waals surface area contributed by atoms with Gasteiger partial charge in [0.2, 0.25) is 0 Å². The van der Waals surface area contributed by atoms with E-state index in [1.807, 2.05) is 19.1 Å². The van der Waals surface area contributed by atoms with Crippen LogP contribution in [0, 0.1) is 0 Å². The molecule has 1 rings (SSSR count). The highest BCUT2D eigenvalue weighted by Gasteiger charge is 2.11. The minimum absolute atomic E-state index is 0.148. The van der Waals surface area contributed by atoms with Gasteiger partial charge >= 0.3 is 6.03 Å². The largest absolute Gasteiger partial charge is 0.493 e. The van der Waals surface area contributed by atoms with Gasteiger partial charge < -0.3 is 20.1 Å². The van der Waals surface area contributed by atoms with Gasteiger partial charge in [0, 0.05) is 0 Å². The van der Waals surface area contributed by atoms with Crippen LogP contribution in [-0.4, -0.2) is 20.3 Å². The predicted molar refractivity (Wildman–Crippen MR) is 69.8 cm³/mol. The first kappa shape index (κ1) is 13.9. The molecule has 2 amide bonds. The topological polar surface area (TPSA) is 59.6 Å². The number of carbonyl (C=O) groups excluding carboxylic acids is 1. The van der Waals surface area contributed by atoms with Crippen LogP contribution in [0.4, 0.5) is 4.79 Å². The fourth-order valence-corrected chi connectivity index (χ4v) is 1.54. The van der Waals surface area contributed by atoms with Gasteiger partial charge in [0.15, 0.2) is 11.5 Å². The molecule has 0 aliphatic heterocycles. The number of methoxy groups -OCH3 is 2. The molecular weight excluding hydrogens is 232 g/mol. The molecule has 0 bridgehead atoms. The first-order valence-corrected chi connectivity index (χ1v) is 5.52. The van der Waals surface area contributed by atoms with Gasteiger partial charge in [-0.2, -0.15) is 0 Å². The van der Waals surface area contributed by atoms with Crippen LogP contribution in [0.25, 0.3) is 0 Å². The molecule has 0 fully saturated rings. The van der Waals surface area contributed by atoms with Gasteiger partial charge in [-0.25, -0.2) is 4.79 Å². The maximum atomic E-state index is 11.4. The van der Waals surface area contributed by atoms with E-state index in [0.29, 0.717) is 11.5 Å². The van der Waals surface area contributed by atoms with Crippen LogP contribution < -0.4 is 20.1 Å². The Morgan fingerprint density at radius 2 is 2.00 bits per heavy atom. The minimum atomic E-state index is -0.299. The Morgan fingerprint density at radius 3 is 2.56 bits per heavy atom. The Morgan fingerprint density at radius 1 is 1.33 bits per heavy atom. The highest BCUT2D eigenvalue weighted by atomic mass is 16.5. The molecule has 0 spiro atoms. The lowest BCUT2D eigenvalue weighted by atomic mass is 10.1. The molecule has 18 heavy (non-hydrogen) atoms. The van der Waals surface area contributed by atoms with Crippen molar-refractivity contribution in [1.29, 1.82) is 0 Å². The van der Waals surface area contributed by atoms with Crippen LogP contribution in [0.3, 0.4) is 0 Å². The number of carbonyl (C=O) groups is 1. The summed E-state index contributed by atoms with van der Waals surface area (Å²) >= 11 is 0. The third-order valence-electron chi connectivity index (χ3n) is 2.49. The summed E-state index contributed by atoms with van der Waals surface area (Å²) in [6, 6.07) is 5.06. The quantitative estimate of drug-likeness (QED) is 0.842. The number of nitrogens with one attached hydrogen (secondary N) is 2. The second-order valence-electron chi connectivity index (χ2n) is 3.66. The summed E-state index contributed by atoms with van der Waals surface area (Å²) in [6.07, 6.45) is 1.33. The Balaban J connectivity index is 2.82. The summed E-state index contributed by atoms with van der Waals surface area (Å²) in [7, 11) is 3.15. The van der Waals surface area contributed by atoms with Crippen LogP contribution in [0.1, 0.15) is 18.5 Å². The maximum Gasteiger partial charge on any atom is 0.319 e. The number of hydrogen-bond donors (Lipinski definition) is 2.